The summed E-state index contributed by atoms with van der Waals surface area (Å²) in [4.78, 5) is 0. The molecule has 0 N–H and O–H groups in total. The lowest BCUT2D eigenvalue weighted by Gasteiger charge is -2.08. The molecule has 0 aliphatic carbocycles. The standard InChI is InChI=1S/C13H10O2/c14-10-15-13-9-5-4-8-12(13)11-6-2-1-3-7-11/h1-6,8-9H,10H2. The van der Waals surface area contributed by atoms with Crippen LogP contribution >= 0.6 is 0 Å². The van der Waals surface area contributed by atoms with Crippen molar-refractivity contribution in [3.63, 3.8) is 0 Å². The Hall–Kier alpha value is -1.80. The van der Waals surface area contributed by atoms with Crippen molar-refractivity contribution >= 4 is 0 Å². The molecule has 0 saturated carbocycles. The summed E-state index contributed by atoms with van der Waals surface area (Å²) in [5, 5.41) is 10.5. The molecule has 0 amide bonds. The summed E-state index contributed by atoms with van der Waals surface area (Å²) in [7, 11) is 0. The van der Waals surface area contributed by atoms with Crippen LogP contribution in [0.3, 0.4) is 0 Å². The molecule has 2 aromatic carbocycles. The Bertz CT molecular complexity index is 424. The molecule has 2 aromatic rings. The van der Waals surface area contributed by atoms with E-state index in [9.17, 15) is 5.11 Å². The quantitative estimate of drug-likeness (QED) is 0.697. The van der Waals surface area contributed by atoms with Crippen LogP contribution in [-0.4, -0.2) is 6.79 Å². The number of ether oxygens (including phenoxy) is 1. The van der Waals surface area contributed by atoms with E-state index in [0.717, 1.165) is 11.1 Å². The summed E-state index contributed by atoms with van der Waals surface area (Å²) in [5.41, 5.74) is 1.83. The summed E-state index contributed by atoms with van der Waals surface area (Å²) in [5.74, 6) is 0.606. The molecule has 0 aromatic heterocycles. The van der Waals surface area contributed by atoms with E-state index < -0.39 is 6.79 Å². The average molecular weight is 198 g/mol. The lowest BCUT2D eigenvalue weighted by molar-refractivity contribution is 0.0380. The Balaban J connectivity index is 2.43. The smallest absolute Gasteiger partial charge is 0.221 e. The Morgan fingerprint density at radius 3 is 2.60 bits per heavy atom. The monoisotopic (exact) mass is 198 g/mol. The SMILES string of the molecule is [O]COc1ccccc1-c1[c]cccc1. The molecule has 74 valence electrons. The van der Waals surface area contributed by atoms with Gasteiger partial charge in [-0.25, -0.2) is 0 Å². The Kier molecular flexibility index (Phi) is 3.00. The molecule has 0 bridgehead atoms. The maximum absolute atomic E-state index is 10.5. The predicted molar refractivity (Wildman–Crippen MR) is 56.9 cm³/mol. The summed E-state index contributed by atoms with van der Waals surface area (Å²) in [6, 6.07) is 18.2. The van der Waals surface area contributed by atoms with Gasteiger partial charge in [-0.15, -0.1) is 0 Å². The van der Waals surface area contributed by atoms with Crippen molar-refractivity contribution in [2.24, 2.45) is 0 Å². The first-order valence-electron chi connectivity index (χ1n) is 4.69. The van der Waals surface area contributed by atoms with Crippen LogP contribution in [0.5, 0.6) is 5.75 Å². The highest BCUT2D eigenvalue weighted by molar-refractivity contribution is 5.69. The van der Waals surface area contributed by atoms with Crippen molar-refractivity contribution in [1.29, 1.82) is 0 Å². The van der Waals surface area contributed by atoms with E-state index in [2.05, 4.69) is 6.07 Å². The third kappa shape index (κ3) is 2.17. The molecule has 0 heterocycles. The average Bonchev–Trinajstić information content (AvgIpc) is 2.31. The molecule has 2 heteroatoms. The molecule has 0 atom stereocenters. The zero-order chi connectivity index (χ0) is 10.5. The van der Waals surface area contributed by atoms with Crippen LogP contribution < -0.4 is 4.74 Å². The lowest BCUT2D eigenvalue weighted by Crippen LogP contribution is -1.94. The van der Waals surface area contributed by atoms with E-state index >= 15 is 0 Å². The second kappa shape index (κ2) is 4.62. The van der Waals surface area contributed by atoms with Crippen molar-refractivity contribution in [3.8, 4) is 16.9 Å². The van der Waals surface area contributed by atoms with Gasteiger partial charge >= 0.3 is 0 Å². The van der Waals surface area contributed by atoms with Gasteiger partial charge in [0.15, 0.2) is 0 Å². The third-order valence-corrected chi connectivity index (χ3v) is 2.10. The maximum atomic E-state index is 10.5. The molecule has 2 nitrogen and oxygen atoms in total. The zero-order valence-corrected chi connectivity index (χ0v) is 8.14. The fourth-order valence-electron chi connectivity index (χ4n) is 1.44. The van der Waals surface area contributed by atoms with Gasteiger partial charge in [0, 0.05) is 5.56 Å². The van der Waals surface area contributed by atoms with Gasteiger partial charge in [0.05, 0.1) is 0 Å². The van der Waals surface area contributed by atoms with E-state index in [4.69, 9.17) is 4.74 Å². The number of para-hydroxylation sites is 1. The van der Waals surface area contributed by atoms with Crippen molar-refractivity contribution in [3.05, 3.63) is 54.6 Å². The molecule has 2 radical (unpaired) electrons. The van der Waals surface area contributed by atoms with Gasteiger partial charge in [0.25, 0.3) is 0 Å². The number of benzene rings is 2. The van der Waals surface area contributed by atoms with Crippen LogP contribution in [0.1, 0.15) is 0 Å². The van der Waals surface area contributed by atoms with E-state index in [-0.39, 0.29) is 0 Å². The highest BCUT2D eigenvalue weighted by Gasteiger charge is 2.04. The van der Waals surface area contributed by atoms with Crippen LogP contribution in [-0.2, 0) is 5.11 Å². The number of rotatable bonds is 3. The van der Waals surface area contributed by atoms with Gasteiger partial charge in [0.2, 0.25) is 6.79 Å². The minimum atomic E-state index is -0.566. The highest BCUT2D eigenvalue weighted by Crippen LogP contribution is 2.28. The maximum Gasteiger partial charge on any atom is 0.221 e. The first-order valence-corrected chi connectivity index (χ1v) is 4.69. The zero-order valence-electron chi connectivity index (χ0n) is 8.14. The second-order valence-corrected chi connectivity index (χ2v) is 3.03. The van der Waals surface area contributed by atoms with Gasteiger partial charge in [0.1, 0.15) is 5.75 Å². The number of hydrogen-bond acceptors (Lipinski definition) is 1. The van der Waals surface area contributed by atoms with Gasteiger partial charge in [-0.1, -0.05) is 42.5 Å². The van der Waals surface area contributed by atoms with Gasteiger partial charge in [-0.05, 0) is 17.7 Å². The van der Waals surface area contributed by atoms with E-state index in [1.54, 1.807) is 6.07 Å². The predicted octanol–water partition coefficient (Wildman–Crippen LogP) is 2.92. The van der Waals surface area contributed by atoms with Crippen LogP contribution in [0.15, 0.2) is 48.5 Å². The minimum absolute atomic E-state index is 0.566. The third-order valence-electron chi connectivity index (χ3n) is 2.10. The molecular weight excluding hydrogens is 188 g/mol. The van der Waals surface area contributed by atoms with Gasteiger partial charge < -0.3 is 4.74 Å². The molecule has 0 aliphatic heterocycles. The Morgan fingerprint density at radius 2 is 1.87 bits per heavy atom. The van der Waals surface area contributed by atoms with Crippen LogP contribution in [0.4, 0.5) is 0 Å². The molecule has 0 fully saturated rings. The topological polar surface area (TPSA) is 29.1 Å². The molecule has 0 aliphatic rings. The second-order valence-electron chi connectivity index (χ2n) is 3.03. The Morgan fingerprint density at radius 1 is 1.07 bits per heavy atom. The first kappa shape index (κ1) is 9.74. The van der Waals surface area contributed by atoms with Crippen LogP contribution in [0.2, 0.25) is 0 Å². The molecule has 0 spiro atoms. The fraction of sp³-hybridized carbons (Fsp3) is 0.0769. The van der Waals surface area contributed by atoms with Crippen molar-refractivity contribution in [1.82, 2.24) is 0 Å². The van der Waals surface area contributed by atoms with Crippen molar-refractivity contribution in [2.75, 3.05) is 6.79 Å². The molecule has 0 saturated heterocycles. The molecule has 0 unspecified atom stereocenters. The van der Waals surface area contributed by atoms with Crippen LogP contribution in [0.25, 0.3) is 11.1 Å². The normalized spacial score (nSPS) is 9.93. The van der Waals surface area contributed by atoms with E-state index in [1.807, 2.05) is 42.5 Å². The summed E-state index contributed by atoms with van der Waals surface area (Å²) >= 11 is 0. The molecular formula is C13H10O2. The largest absolute Gasteiger partial charge is 0.464 e. The summed E-state index contributed by atoms with van der Waals surface area (Å²) in [6.45, 7) is -0.566. The number of hydrogen-bond donors (Lipinski definition) is 0. The van der Waals surface area contributed by atoms with Gasteiger partial charge in [-0.2, -0.15) is 5.11 Å². The fourth-order valence-corrected chi connectivity index (χ4v) is 1.44. The molecule has 15 heavy (non-hydrogen) atoms. The highest BCUT2D eigenvalue weighted by atomic mass is 16.6. The minimum Gasteiger partial charge on any atom is -0.464 e. The van der Waals surface area contributed by atoms with Gasteiger partial charge in [-0.3, -0.25) is 0 Å². The molecule has 2 rings (SSSR count). The lowest BCUT2D eigenvalue weighted by atomic mass is 10.1. The van der Waals surface area contributed by atoms with E-state index in [1.165, 1.54) is 0 Å². The van der Waals surface area contributed by atoms with Crippen molar-refractivity contribution in [2.45, 2.75) is 0 Å². The Labute approximate surface area is 88.8 Å². The van der Waals surface area contributed by atoms with E-state index in [0.29, 0.717) is 5.75 Å². The summed E-state index contributed by atoms with van der Waals surface area (Å²) < 4.78 is 5.02. The first-order chi connectivity index (χ1) is 7.42. The summed E-state index contributed by atoms with van der Waals surface area (Å²) in [6.07, 6.45) is 0. The van der Waals surface area contributed by atoms with Crippen molar-refractivity contribution < 1.29 is 9.84 Å². The van der Waals surface area contributed by atoms with Crippen LogP contribution in [0, 0.1) is 6.07 Å².